The average Bonchev–Trinajstić information content (AvgIpc) is 2.70. The van der Waals surface area contributed by atoms with Crippen LogP contribution in [0, 0.1) is 0 Å². The van der Waals surface area contributed by atoms with Gasteiger partial charge < -0.3 is 25.4 Å². The fourth-order valence-electron chi connectivity index (χ4n) is 2.80. The molecule has 0 aromatic heterocycles. The molecular formula is C18H23N3O6. The Morgan fingerprint density at radius 3 is 2.52 bits per heavy atom. The maximum absolute atomic E-state index is 12.2. The van der Waals surface area contributed by atoms with Crippen LogP contribution in [0.5, 0.6) is 5.75 Å². The number of hydrogen-bond donors (Lipinski definition) is 2. The van der Waals surface area contributed by atoms with Gasteiger partial charge in [-0.05, 0) is 43.5 Å². The van der Waals surface area contributed by atoms with E-state index in [0.29, 0.717) is 24.3 Å². The van der Waals surface area contributed by atoms with E-state index < -0.39 is 36.3 Å². The second kappa shape index (κ2) is 9.56. The lowest BCUT2D eigenvalue weighted by Crippen LogP contribution is -2.51. The molecular weight excluding hydrogens is 354 g/mol. The van der Waals surface area contributed by atoms with Crippen molar-refractivity contribution >= 4 is 23.7 Å². The summed E-state index contributed by atoms with van der Waals surface area (Å²) < 4.78 is 9.89. The molecule has 27 heavy (non-hydrogen) atoms. The van der Waals surface area contributed by atoms with Crippen LogP contribution in [0.15, 0.2) is 24.3 Å². The summed E-state index contributed by atoms with van der Waals surface area (Å²) in [6, 6.07) is 5.70. The van der Waals surface area contributed by atoms with Crippen molar-refractivity contribution < 1.29 is 28.7 Å². The Kier molecular flexibility index (Phi) is 7.16. The highest BCUT2D eigenvalue weighted by Gasteiger charge is 2.30. The molecule has 0 unspecified atom stereocenters. The lowest BCUT2D eigenvalue weighted by Gasteiger charge is -2.33. The molecule has 0 spiro atoms. The summed E-state index contributed by atoms with van der Waals surface area (Å²) in [5.74, 6) is -1.64. The molecule has 1 aromatic rings. The zero-order chi connectivity index (χ0) is 19.8. The van der Waals surface area contributed by atoms with Crippen molar-refractivity contribution in [1.82, 2.24) is 10.2 Å². The van der Waals surface area contributed by atoms with Gasteiger partial charge in [0.25, 0.3) is 11.8 Å². The van der Waals surface area contributed by atoms with Crippen molar-refractivity contribution in [3.8, 4) is 5.75 Å². The summed E-state index contributed by atoms with van der Waals surface area (Å²) >= 11 is 0. The van der Waals surface area contributed by atoms with Crippen LogP contribution < -0.4 is 15.8 Å². The number of rotatable bonds is 7. The molecule has 1 heterocycles. The number of nitrogens with zero attached hydrogens (tertiary/aromatic N) is 1. The van der Waals surface area contributed by atoms with Gasteiger partial charge in [-0.2, -0.15) is 0 Å². The van der Waals surface area contributed by atoms with Gasteiger partial charge in [-0.25, -0.2) is 0 Å². The molecule has 0 saturated carbocycles. The summed E-state index contributed by atoms with van der Waals surface area (Å²) in [6.45, 7) is -0.476. The summed E-state index contributed by atoms with van der Waals surface area (Å²) in [5.41, 5.74) is 5.67. The standard InChI is InChI=1S/C18H23N3O6/c1-26-13-7-5-12(6-8-13)18(25)20-10-16(23)27-11-15(22)21-9-3-2-4-14(21)17(19)24/h5-8,14H,2-4,9-11H2,1H3,(H2,19,24)(H,20,25)/t14-/m1/s1. The van der Waals surface area contributed by atoms with Crippen molar-refractivity contribution in [2.24, 2.45) is 5.73 Å². The first-order valence-corrected chi connectivity index (χ1v) is 8.59. The summed E-state index contributed by atoms with van der Waals surface area (Å²) in [7, 11) is 1.52. The molecule has 1 atom stereocenters. The lowest BCUT2D eigenvalue weighted by atomic mass is 10.0. The van der Waals surface area contributed by atoms with E-state index in [2.05, 4.69) is 5.32 Å². The molecule has 1 aromatic carbocycles. The fraction of sp³-hybridized carbons (Fsp3) is 0.444. The van der Waals surface area contributed by atoms with Gasteiger partial charge in [0.05, 0.1) is 7.11 Å². The molecule has 1 fully saturated rings. The van der Waals surface area contributed by atoms with Crippen LogP contribution >= 0.6 is 0 Å². The number of primary amides is 1. The van der Waals surface area contributed by atoms with Crippen LogP contribution in [0.4, 0.5) is 0 Å². The molecule has 0 aliphatic carbocycles. The number of nitrogens with two attached hydrogens (primary N) is 1. The third kappa shape index (κ3) is 5.70. The number of amides is 3. The van der Waals surface area contributed by atoms with Gasteiger partial charge in [-0.1, -0.05) is 0 Å². The van der Waals surface area contributed by atoms with E-state index in [1.165, 1.54) is 12.0 Å². The zero-order valence-corrected chi connectivity index (χ0v) is 15.1. The van der Waals surface area contributed by atoms with Crippen molar-refractivity contribution in [1.29, 1.82) is 0 Å². The summed E-state index contributed by atoms with van der Waals surface area (Å²) in [5, 5.41) is 2.41. The maximum Gasteiger partial charge on any atom is 0.325 e. The average molecular weight is 377 g/mol. The molecule has 0 bridgehead atoms. The van der Waals surface area contributed by atoms with E-state index in [4.69, 9.17) is 15.2 Å². The highest BCUT2D eigenvalue weighted by Crippen LogP contribution is 2.17. The number of carbonyl (C=O) groups is 4. The third-order valence-corrected chi connectivity index (χ3v) is 4.25. The number of benzene rings is 1. The van der Waals surface area contributed by atoms with Crippen LogP contribution in [0.2, 0.25) is 0 Å². The molecule has 146 valence electrons. The van der Waals surface area contributed by atoms with Crippen molar-refractivity contribution in [2.45, 2.75) is 25.3 Å². The Balaban J connectivity index is 1.77. The van der Waals surface area contributed by atoms with Gasteiger partial charge in [0.15, 0.2) is 6.61 Å². The monoisotopic (exact) mass is 377 g/mol. The first kappa shape index (κ1) is 20.2. The molecule has 2 rings (SSSR count). The predicted octanol–water partition coefficient (Wildman–Crippen LogP) is -0.165. The van der Waals surface area contributed by atoms with E-state index >= 15 is 0 Å². The number of hydrogen-bond acceptors (Lipinski definition) is 6. The van der Waals surface area contributed by atoms with Gasteiger partial charge in [-0.3, -0.25) is 19.2 Å². The van der Waals surface area contributed by atoms with Crippen molar-refractivity contribution in [2.75, 3.05) is 26.8 Å². The molecule has 1 saturated heterocycles. The van der Waals surface area contributed by atoms with Crippen LogP contribution in [-0.2, 0) is 19.1 Å². The highest BCUT2D eigenvalue weighted by atomic mass is 16.5. The normalized spacial score (nSPS) is 16.3. The molecule has 3 amide bonds. The van der Waals surface area contributed by atoms with Gasteiger partial charge >= 0.3 is 5.97 Å². The number of methoxy groups -OCH3 is 1. The Labute approximate surface area is 156 Å². The molecule has 1 aliphatic heterocycles. The van der Waals surface area contributed by atoms with Crippen LogP contribution in [0.25, 0.3) is 0 Å². The van der Waals surface area contributed by atoms with Gasteiger partial charge in [0.1, 0.15) is 18.3 Å². The van der Waals surface area contributed by atoms with Gasteiger partial charge in [0, 0.05) is 12.1 Å². The number of esters is 1. The molecule has 9 heteroatoms. The number of ether oxygens (including phenoxy) is 2. The Morgan fingerprint density at radius 1 is 1.19 bits per heavy atom. The van der Waals surface area contributed by atoms with Gasteiger partial charge in [0.2, 0.25) is 5.91 Å². The largest absolute Gasteiger partial charge is 0.497 e. The zero-order valence-electron chi connectivity index (χ0n) is 15.1. The second-order valence-electron chi connectivity index (χ2n) is 6.07. The van der Waals surface area contributed by atoms with E-state index in [0.717, 1.165) is 12.8 Å². The quantitative estimate of drug-likeness (QED) is 0.635. The Morgan fingerprint density at radius 2 is 1.89 bits per heavy atom. The number of nitrogens with one attached hydrogen (secondary N) is 1. The minimum atomic E-state index is -0.752. The third-order valence-electron chi connectivity index (χ3n) is 4.25. The SMILES string of the molecule is COc1ccc(C(=O)NCC(=O)OCC(=O)N2CCCC[C@@H]2C(N)=O)cc1. The number of likely N-dealkylation sites (tertiary alicyclic amines) is 1. The molecule has 3 N–H and O–H groups in total. The lowest BCUT2D eigenvalue weighted by molar-refractivity contribution is -0.154. The highest BCUT2D eigenvalue weighted by molar-refractivity contribution is 5.96. The van der Waals surface area contributed by atoms with E-state index in [-0.39, 0.29) is 6.54 Å². The van der Waals surface area contributed by atoms with E-state index in [1.54, 1.807) is 24.3 Å². The van der Waals surface area contributed by atoms with Crippen molar-refractivity contribution in [3.63, 3.8) is 0 Å². The summed E-state index contributed by atoms with van der Waals surface area (Å²) in [4.78, 5) is 48.7. The van der Waals surface area contributed by atoms with Crippen molar-refractivity contribution in [3.05, 3.63) is 29.8 Å². The molecule has 0 radical (unpaired) electrons. The Bertz CT molecular complexity index is 704. The molecule has 9 nitrogen and oxygen atoms in total. The fourth-order valence-corrected chi connectivity index (χ4v) is 2.80. The first-order chi connectivity index (χ1) is 12.9. The first-order valence-electron chi connectivity index (χ1n) is 8.59. The van der Waals surface area contributed by atoms with Gasteiger partial charge in [-0.15, -0.1) is 0 Å². The maximum atomic E-state index is 12.2. The topological polar surface area (TPSA) is 128 Å². The van der Waals surface area contributed by atoms with Crippen LogP contribution in [0.1, 0.15) is 29.6 Å². The number of carbonyl (C=O) groups excluding carboxylic acids is 4. The number of piperidine rings is 1. The second-order valence-corrected chi connectivity index (χ2v) is 6.07. The molecule has 1 aliphatic rings. The minimum absolute atomic E-state index is 0.359. The van der Waals surface area contributed by atoms with Crippen LogP contribution in [0.3, 0.4) is 0 Å². The van der Waals surface area contributed by atoms with E-state index in [9.17, 15) is 19.2 Å². The predicted molar refractivity (Wildman–Crippen MR) is 94.8 cm³/mol. The smallest absolute Gasteiger partial charge is 0.325 e. The summed E-state index contributed by atoms with van der Waals surface area (Å²) in [6.07, 6.45) is 2.09. The minimum Gasteiger partial charge on any atom is -0.497 e. The van der Waals surface area contributed by atoms with Crippen LogP contribution in [-0.4, -0.2) is 61.4 Å². The Hall–Kier alpha value is -3.10. The van der Waals surface area contributed by atoms with E-state index in [1.807, 2.05) is 0 Å².